The van der Waals surface area contributed by atoms with Crippen LogP contribution in [0.4, 0.5) is 10.2 Å². The summed E-state index contributed by atoms with van der Waals surface area (Å²) < 4.78 is 13.7. The number of pyridine rings is 1. The van der Waals surface area contributed by atoms with Crippen molar-refractivity contribution in [1.29, 1.82) is 0 Å². The molecule has 1 atom stereocenters. The van der Waals surface area contributed by atoms with Crippen molar-refractivity contribution in [2.24, 2.45) is 5.73 Å². The largest absolute Gasteiger partial charge is 0.354 e. The van der Waals surface area contributed by atoms with Gasteiger partial charge in [0.1, 0.15) is 11.6 Å². The second-order valence-corrected chi connectivity index (χ2v) is 8.26. The molecule has 160 valence electrons. The summed E-state index contributed by atoms with van der Waals surface area (Å²) in [4.78, 5) is 23.6. The summed E-state index contributed by atoms with van der Waals surface area (Å²) in [6, 6.07) is 12.9. The Morgan fingerprint density at radius 3 is 2.53 bits per heavy atom. The molecule has 0 spiro atoms. The molecular weight excluding hydrogens is 381 g/mol. The maximum absolute atomic E-state index is 13.7. The van der Waals surface area contributed by atoms with E-state index in [1.165, 1.54) is 6.07 Å². The lowest BCUT2D eigenvalue weighted by molar-refractivity contribution is -0.139. The average molecular weight is 412 g/mol. The molecule has 1 aromatic heterocycles. The maximum Gasteiger partial charge on any atom is 0.224 e. The van der Waals surface area contributed by atoms with Crippen molar-refractivity contribution in [3.8, 4) is 0 Å². The molecule has 2 aromatic rings. The Morgan fingerprint density at radius 1 is 1.10 bits per heavy atom. The molecule has 6 nitrogen and oxygen atoms in total. The number of piperazine rings is 1. The molecule has 30 heavy (non-hydrogen) atoms. The third-order valence-electron chi connectivity index (χ3n) is 6.20. The minimum Gasteiger partial charge on any atom is -0.354 e. The Hall–Kier alpha value is -2.51. The topological polar surface area (TPSA) is 65.7 Å². The number of nitrogens with zero attached hydrogens (tertiary/aromatic N) is 4. The van der Waals surface area contributed by atoms with Crippen LogP contribution in [0.3, 0.4) is 0 Å². The summed E-state index contributed by atoms with van der Waals surface area (Å²) in [6.07, 6.45) is 3.33. The van der Waals surface area contributed by atoms with E-state index in [1.54, 1.807) is 12.1 Å². The fourth-order valence-electron chi connectivity index (χ4n) is 4.24. The van der Waals surface area contributed by atoms with Gasteiger partial charge in [0, 0.05) is 64.0 Å². The van der Waals surface area contributed by atoms with Gasteiger partial charge in [-0.3, -0.25) is 9.69 Å². The van der Waals surface area contributed by atoms with Gasteiger partial charge in [-0.2, -0.15) is 0 Å². The second-order valence-electron chi connectivity index (χ2n) is 8.26. The van der Waals surface area contributed by atoms with Gasteiger partial charge in [0.05, 0.1) is 0 Å². The fourth-order valence-corrected chi connectivity index (χ4v) is 4.24. The number of amides is 1. The lowest BCUT2D eigenvalue weighted by Gasteiger charge is -2.48. The van der Waals surface area contributed by atoms with Gasteiger partial charge in [-0.25, -0.2) is 9.37 Å². The number of halogens is 1. The van der Waals surface area contributed by atoms with Crippen LogP contribution in [0, 0.1) is 5.82 Å². The van der Waals surface area contributed by atoms with Crippen LogP contribution in [0.2, 0.25) is 0 Å². The summed E-state index contributed by atoms with van der Waals surface area (Å²) in [7, 11) is 0. The van der Waals surface area contributed by atoms with E-state index in [-0.39, 0.29) is 17.8 Å². The van der Waals surface area contributed by atoms with Gasteiger partial charge in [0.15, 0.2) is 0 Å². The first-order valence-electron chi connectivity index (χ1n) is 10.8. The van der Waals surface area contributed by atoms with Crippen LogP contribution >= 0.6 is 0 Å². The number of nitrogens with two attached hydrogens (primary N) is 1. The number of rotatable bonds is 7. The lowest BCUT2D eigenvalue weighted by Crippen LogP contribution is -2.64. The van der Waals surface area contributed by atoms with E-state index in [2.05, 4.69) is 20.9 Å². The summed E-state index contributed by atoms with van der Waals surface area (Å²) in [5.74, 6) is 0.941. The third-order valence-corrected chi connectivity index (χ3v) is 6.20. The van der Waals surface area contributed by atoms with Gasteiger partial charge in [-0.15, -0.1) is 0 Å². The van der Waals surface area contributed by atoms with Crippen molar-refractivity contribution < 1.29 is 9.18 Å². The second kappa shape index (κ2) is 9.53. The highest BCUT2D eigenvalue weighted by molar-refractivity contribution is 5.77. The molecule has 2 fully saturated rings. The van der Waals surface area contributed by atoms with Gasteiger partial charge in [-0.1, -0.05) is 24.3 Å². The Kier molecular flexibility index (Phi) is 6.59. The van der Waals surface area contributed by atoms with Gasteiger partial charge < -0.3 is 15.5 Å². The van der Waals surface area contributed by atoms with Crippen LogP contribution in [0.5, 0.6) is 0 Å². The third kappa shape index (κ3) is 4.96. The quantitative estimate of drug-likeness (QED) is 0.754. The van der Waals surface area contributed by atoms with Crippen molar-refractivity contribution in [1.82, 2.24) is 14.8 Å². The van der Waals surface area contributed by atoms with Crippen molar-refractivity contribution in [2.75, 3.05) is 44.2 Å². The molecule has 0 saturated carbocycles. The lowest BCUT2D eigenvalue weighted by atomic mass is 10.0. The first-order valence-corrected chi connectivity index (χ1v) is 10.8. The van der Waals surface area contributed by atoms with Crippen molar-refractivity contribution in [3.05, 3.63) is 60.0 Å². The van der Waals surface area contributed by atoms with E-state index in [9.17, 15) is 9.18 Å². The monoisotopic (exact) mass is 411 g/mol. The zero-order chi connectivity index (χ0) is 20.9. The molecular formula is C23H30FN5O. The summed E-state index contributed by atoms with van der Waals surface area (Å²) in [5, 5.41) is 0. The summed E-state index contributed by atoms with van der Waals surface area (Å²) >= 11 is 0. The molecule has 0 radical (unpaired) electrons. The molecule has 2 aliphatic heterocycles. The zero-order valence-electron chi connectivity index (χ0n) is 17.3. The molecule has 3 heterocycles. The SMILES string of the molecule is NC(CCc1ccccc1F)CC(=O)N1CC(N2CCN(c3ccccn3)CC2)C1. The fraction of sp³-hybridized carbons (Fsp3) is 0.478. The minimum absolute atomic E-state index is 0.111. The first-order chi connectivity index (χ1) is 14.6. The zero-order valence-corrected chi connectivity index (χ0v) is 17.3. The molecule has 2 N–H and O–H groups in total. The van der Waals surface area contributed by atoms with Crippen LogP contribution in [0.25, 0.3) is 0 Å². The summed E-state index contributed by atoms with van der Waals surface area (Å²) in [6.45, 7) is 5.46. The number of carbonyl (C=O) groups excluding carboxylic acids is 1. The normalized spacial score (nSPS) is 18.9. The predicted octanol–water partition coefficient (Wildman–Crippen LogP) is 1.90. The number of likely N-dealkylation sites (tertiary alicyclic amines) is 1. The van der Waals surface area contributed by atoms with Crippen LogP contribution < -0.4 is 10.6 Å². The number of carbonyl (C=O) groups is 1. The molecule has 2 saturated heterocycles. The predicted molar refractivity (Wildman–Crippen MR) is 116 cm³/mol. The van der Waals surface area contributed by atoms with Gasteiger partial charge in [0.25, 0.3) is 0 Å². The Bertz CT molecular complexity index is 834. The van der Waals surface area contributed by atoms with Crippen LogP contribution in [0.15, 0.2) is 48.7 Å². The maximum atomic E-state index is 13.7. The Morgan fingerprint density at radius 2 is 1.83 bits per heavy atom. The molecule has 1 unspecified atom stereocenters. The van der Waals surface area contributed by atoms with Crippen LogP contribution in [0.1, 0.15) is 18.4 Å². The van der Waals surface area contributed by atoms with Crippen molar-refractivity contribution >= 4 is 11.7 Å². The highest BCUT2D eigenvalue weighted by atomic mass is 19.1. The average Bonchev–Trinajstić information content (AvgIpc) is 2.73. The van der Waals surface area contributed by atoms with E-state index in [0.717, 1.165) is 45.1 Å². The van der Waals surface area contributed by atoms with Gasteiger partial charge >= 0.3 is 0 Å². The molecule has 1 aromatic carbocycles. The highest BCUT2D eigenvalue weighted by Crippen LogP contribution is 2.20. The Labute approximate surface area is 177 Å². The number of benzene rings is 1. The molecule has 1 amide bonds. The van der Waals surface area contributed by atoms with E-state index < -0.39 is 0 Å². The van der Waals surface area contributed by atoms with Crippen molar-refractivity contribution in [3.63, 3.8) is 0 Å². The number of anilines is 1. The smallest absolute Gasteiger partial charge is 0.224 e. The Balaban J connectivity index is 1.16. The number of hydrogen-bond acceptors (Lipinski definition) is 5. The van der Waals surface area contributed by atoms with Gasteiger partial charge in [-0.05, 0) is 36.6 Å². The molecule has 2 aliphatic rings. The van der Waals surface area contributed by atoms with E-state index in [0.29, 0.717) is 30.9 Å². The summed E-state index contributed by atoms with van der Waals surface area (Å²) in [5.41, 5.74) is 6.81. The van der Waals surface area contributed by atoms with E-state index in [4.69, 9.17) is 5.73 Å². The minimum atomic E-state index is -0.238. The van der Waals surface area contributed by atoms with Gasteiger partial charge in [0.2, 0.25) is 5.91 Å². The highest BCUT2D eigenvalue weighted by Gasteiger charge is 2.36. The van der Waals surface area contributed by atoms with Crippen molar-refractivity contribution in [2.45, 2.75) is 31.3 Å². The van der Waals surface area contributed by atoms with Crippen LogP contribution in [-0.4, -0.2) is 72.0 Å². The molecule has 4 rings (SSSR count). The van der Waals surface area contributed by atoms with E-state index in [1.807, 2.05) is 29.3 Å². The number of aromatic nitrogens is 1. The first kappa shape index (κ1) is 20.8. The standard InChI is InChI=1S/C23H30FN5O/c24-21-6-2-1-5-18(21)8-9-19(25)15-23(30)29-16-20(17-29)27-11-13-28(14-12-27)22-7-3-4-10-26-22/h1-7,10,19-20H,8-9,11-17,25H2. The molecule has 0 aliphatic carbocycles. The van der Waals surface area contributed by atoms with Crippen LogP contribution in [-0.2, 0) is 11.2 Å². The van der Waals surface area contributed by atoms with E-state index >= 15 is 0 Å². The molecule has 7 heteroatoms. The number of hydrogen-bond donors (Lipinski definition) is 1. The molecule has 0 bridgehead atoms. The number of aryl methyl sites for hydroxylation is 1.